The lowest BCUT2D eigenvalue weighted by Crippen LogP contribution is -2.51. The number of anilines is 1. The molecule has 4 rings (SSSR count). The number of rotatable bonds is 4. The molecular formula is C18H23N7O. The number of aliphatic imine (C=N–C) groups is 1. The van der Waals surface area contributed by atoms with Crippen LogP contribution in [0.15, 0.2) is 53.3 Å². The Morgan fingerprint density at radius 1 is 1.27 bits per heavy atom. The van der Waals surface area contributed by atoms with Crippen molar-refractivity contribution in [1.29, 1.82) is 0 Å². The Kier molecular flexibility index (Phi) is 4.26. The summed E-state index contributed by atoms with van der Waals surface area (Å²) in [5.41, 5.74) is 14.0. The van der Waals surface area contributed by atoms with Crippen molar-refractivity contribution in [2.45, 2.75) is 25.2 Å². The van der Waals surface area contributed by atoms with Gasteiger partial charge in [0.1, 0.15) is 6.17 Å². The first-order valence-corrected chi connectivity index (χ1v) is 8.72. The molecule has 6 N–H and O–H groups in total. The van der Waals surface area contributed by atoms with E-state index >= 15 is 0 Å². The van der Waals surface area contributed by atoms with E-state index in [-0.39, 0.29) is 24.2 Å². The number of fused-ring (bicyclic) bond motifs is 1. The van der Waals surface area contributed by atoms with E-state index in [4.69, 9.17) is 11.5 Å². The van der Waals surface area contributed by atoms with Crippen molar-refractivity contribution in [1.82, 2.24) is 15.5 Å². The fraction of sp³-hybridized carbons (Fsp3) is 0.333. The minimum Gasteiger partial charge on any atom is -0.370 e. The van der Waals surface area contributed by atoms with Gasteiger partial charge < -0.3 is 22.1 Å². The molecule has 1 saturated heterocycles. The van der Waals surface area contributed by atoms with Crippen molar-refractivity contribution in [3.63, 3.8) is 0 Å². The second-order valence-corrected chi connectivity index (χ2v) is 6.78. The number of carbonyl (C=O) groups is 1. The van der Waals surface area contributed by atoms with Crippen molar-refractivity contribution in [3.8, 4) is 0 Å². The van der Waals surface area contributed by atoms with Gasteiger partial charge in [0.25, 0.3) is 0 Å². The summed E-state index contributed by atoms with van der Waals surface area (Å²) in [6.45, 7) is 2.68. The monoisotopic (exact) mass is 353 g/mol. The third-order valence-electron chi connectivity index (χ3n) is 4.84. The summed E-state index contributed by atoms with van der Waals surface area (Å²) < 4.78 is 0. The van der Waals surface area contributed by atoms with Gasteiger partial charge in [-0.2, -0.15) is 0 Å². The lowest BCUT2D eigenvalue weighted by Gasteiger charge is -2.29. The van der Waals surface area contributed by atoms with Gasteiger partial charge in [-0.1, -0.05) is 12.1 Å². The van der Waals surface area contributed by atoms with Crippen molar-refractivity contribution >= 4 is 17.7 Å². The van der Waals surface area contributed by atoms with E-state index in [1.165, 1.54) is 5.56 Å². The van der Waals surface area contributed by atoms with Crippen molar-refractivity contribution in [2.75, 3.05) is 18.0 Å². The predicted octanol–water partition coefficient (Wildman–Crippen LogP) is 0.391. The highest BCUT2D eigenvalue weighted by Gasteiger charge is 2.28. The van der Waals surface area contributed by atoms with Crippen molar-refractivity contribution < 1.29 is 4.79 Å². The van der Waals surface area contributed by atoms with E-state index in [0.717, 1.165) is 37.3 Å². The van der Waals surface area contributed by atoms with Gasteiger partial charge in [-0.25, -0.2) is 9.79 Å². The highest BCUT2D eigenvalue weighted by Crippen LogP contribution is 2.23. The number of benzene rings is 1. The van der Waals surface area contributed by atoms with Crippen LogP contribution in [0.5, 0.6) is 0 Å². The van der Waals surface area contributed by atoms with Crippen molar-refractivity contribution in [3.05, 3.63) is 53.9 Å². The maximum Gasteiger partial charge on any atom is 0.327 e. The summed E-state index contributed by atoms with van der Waals surface area (Å²) in [4.78, 5) is 20.5. The molecule has 2 unspecified atom stereocenters. The normalized spacial score (nSPS) is 24.7. The highest BCUT2D eigenvalue weighted by molar-refractivity contribution is 5.95. The minimum atomic E-state index is -0.137. The second kappa shape index (κ2) is 6.72. The third-order valence-corrected chi connectivity index (χ3v) is 4.84. The Morgan fingerprint density at radius 2 is 2.08 bits per heavy atom. The summed E-state index contributed by atoms with van der Waals surface area (Å²) in [6.07, 6.45) is 6.53. The lowest BCUT2D eigenvalue weighted by molar-refractivity contribution is 0.244. The fourth-order valence-electron chi connectivity index (χ4n) is 3.56. The molecule has 3 aliphatic heterocycles. The molecule has 26 heavy (non-hydrogen) atoms. The molecule has 0 radical (unpaired) electrons. The van der Waals surface area contributed by atoms with E-state index in [1.54, 1.807) is 4.90 Å². The van der Waals surface area contributed by atoms with Crippen molar-refractivity contribution in [2.24, 2.45) is 16.5 Å². The average Bonchev–Trinajstić information content (AvgIpc) is 3.23. The van der Waals surface area contributed by atoms with Gasteiger partial charge in [-0.15, -0.1) is 0 Å². The molecule has 3 aliphatic rings. The molecule has 0 saturated carbocycles. The summed E-state index contributed by atoms with van der Waals surface area (Å²) in [5, 5.41) is 6.01. The Morgan fingerprint density at radius 3 is 2.85 bits per heavy atom. The molecule has 8 heteroatoms. The predicted molar refractivity (Wildman–Crippen MR) is 101 cm³/mol. The molecular weight excluding hydrogens is 330 g/mol. The zero-order chi connectivity index (χ0) is 18.1. The van der Waals surface area contributed by atoms with Gasteiger partial charge >= 0.3 is 6.03 Å². The molecule has 2 amide bonds. The molecule has 8 nitrogen and oxygen atoms in total. The number of nitrogens with one attached hydrogen (secondary N) is 2. The molecule has 1 aromatic rings. The van der Waals surface area contributed by atoms with Crippen LogP contribution in [0.2, 0.25) is 0 Å². The topological polar surface area (TPSA) is 112 Å². The third kappa shape index (κ3) is 3.36. The van der Waals surface area contributed by atoms with E-state index in [9.17, 15) is 4.79 Å². The van der Waals surface area contributed by atoms with Crippen LogP contribution in [0, 0.1) is 0 Å². The zero-order valence-electron chi connectivity index (χ0n) is 14.4. The number of likely N-dealkylation sites (tertiary alicyclic amines) is 1. The quantitative estimate of drug-likeness (QED) is 0.462. The largest absolute Gasteiger partial charge is 0.370 e. The molecule has 0 spiro atoms. The molecule has 3 heterocycles. The standard InChI is InChI=1S/C18H23N7O/c19-17(20)22-14-6-8-24(11-14)9-12-1-3-15(4-2-12)25-10-13-5-7-21-16(13)23-18(25)26/h1-5,7,10,14,16,21H,6,8-9,11H2,(H,23,26)(H4,19,20,22). The van der Waals surface area contributed by atoms with Gasteiger partial charge in [0, 0.05) is 31.4 Å². The first-order chi connectivity index (χ1) is 12.6. The maximum absolute atomic E-state index is 12.3. The highest BCUT2D eigenvalue weighted by atomic mass is 16.2. The molecule has 0 aliphatic carbocycles. The fourth-order valence-corrected chi connectivity index (χ4v) is 3.56. The van der Waals surface area contributed by atoms with Gasteiger partial charge in [0.05, 0.1) is 11.7 Å². The SMILES string of the molecule is NC(N)=NC1CCN(Cc2ccc(N3C=C4C=CNC4NC3=O)cc2)C1. The molecule has 136 valence electrons. The summed E-state index contributed by atoms with van der Waals surface area (Å²) >= 11 is 0. The number of urea groups is 1. The number of nitrogens with zero attached hydrogens (tertiary/aromatic N) is 3. The molecule has 0 aromatic heterocycles. The number of nitrogens with two attached hydrogens (primary N) is 2. The first-order valence-electron chi connectivity index (χ1n) is 8.72. The maximum atomic E-state index is 12.3. The number of guanidine groups is 1. The van der Waals surface area contributed by atoms with Crippen LogP contribution in [0.3, 0.4) is 0 Å². The molecule has 0 bridgehead atoms. The average molecular weight is 353 g/mol. The number of hydrogen-bond donors (Lipinski definition) is 4. The Labute approximate surface area is 152 Å². The van der Waals surface area contributed by atoms with Crippen LogP contribution in [-0.2, 0) is 6.54 Å². The molecule has 1 aromatic carbocycles. The van der Waals surface area contributed by atoms with Crippen LogP contribution in [0.1, 0.15) is 12.0 Å². The van der Waals surface area contributed by atoms with E-state index < -0.39 is 0 Å². The smallest absolute Gasteiger partial charge is 0.327 e. The summed E-state index contributed by atoms with van der Waals surface area (Å²) in [5.74, 6) is 0.157. The number of amides is 2. The minimum absolute atomic E-state index is 0.119. The van der Waals surface area contributed by atoms with Gasteiger partial charge in [-0.05, 0) is 36.4 Å². The molecule has 1 fully saturated rings. The van der Waals surface area contributed by atoms with E-state index in [0.29, 0.717) is 0 Å². The van der Waals surface area contributed by atoms with E-state index in [2.05, 4.69) is 32.7 Å². The van der Waals surface area contributed by atoms with Crippen LogP contribution < -0.4 is 27.0 Å². The van der Waals surface area contributed by atoms with Crippen LogP contribution in [-0.4, -0.2) is 42.2 Å². The van der Waals surface area contributed by atoms with Gasteiger partial charge in [0.2, 0.25) is 0 Å². The lowest BCUT2D eigenvalue weighted by atomic mass is 10.1. The van der Waals surface area contributed by atoms with Gasteiger partial charge in [-0.3, -0.25) is 9.80 Å². The van der Waals surface area contributed by atoms with Crippen LogP contribution in [0.25, 0.3) is 0 Å². The Balaban J connectivity index is 1.41. The molecule has 2 atom stereocenters. The van der Waals surface area contributed by atoms with Gasteiger partial charge in [0.15, 0.2) is 5.96 Å². The first kappa shape index (κ1) is 16.5. The number of hydrogen-bond acceptors (Lipinski definition) is 4. The Bertz CT molecular complexity index is 779. The zero-order valence-corrected chi connectivity index (χ0v) is 14.4. The van der Waals surface area contributed by atoms with E-state index in [1.807, 2.05) is 30.6 Å². The van der Waals surface area contributed by atoms with Crippen LogP contribution >= 0.6 is 0 Å². The Hall–Kier alpha value is -3.00. The van der Waals surface area contributed by atoms with Crippen LogP contribution in [0.4, 0.5) is 10.5 Å². The summed E-state index contributed by atoms with van der Waals surface area (Å²) in [6, 6.07) is 8.11. The number of carbonyl (C=O) groups excluding carboxylic acids is 1. The second-order valence-electron chi connectivity index (χ2n) is 6.78. The summed E-state index contributed by atoms with van der Waals surface area (Å²) in [7, 11) is 0.